The zero-order valence-electron chi connectivity index (χ0n) is 9.60. The summed E-state index contributed by atoms with van der Waals surface area (Å²) in [4.78, 5) is 6.77. The van der Waals surface area contributed by atoms with E-state index in [4.69, 9.17) is 0 Å². The van der Waals surface area contributed by atoms with Gasteiger partial charge in [0.25, 0.3) is 0 Å². The monoisotopic (exact) mass is 217 g/mol. The molecule has 3 heteroatoms. The van der Waals surface area contributed by atoms with Crippen LogP contribution in [-0.2, 0) is 6.42 Å². The zero-order valence-corrected chi connectivity index (χ0v) is 9.60. The fourth-order valence-electron chi connectivity index (χ4n) is 2.97. The van der Waals surface area contributed by atoms with Crippen molar-refractivity contribution in [3.8, 4) is 0 Å². The van der Waals surface area contributed by atoms with E-state index in [1.54, 1.807) is 0 Å². The fraction of sp³-hybridized carbons (Fsp3) is 0.615. The van der Waals surface area contributed by atoms with Crippen LogP contribution in [0.1, 0.15) is 5.56 Å². The third-order valence-corrected chi connectivity index (χ3v) is 3.90. The van der Waals surface area contributed by atoms with Crippen molar-refractivity contribution in [2.24, 2.45) is 11.8 Å². The molecule has 2 saturated heterocycles. The molecule has 1 aromatic rings. The Morgan fingerprint density at radius 3 is 2.81 bits per heavy atom. The molecule has 0 aromatic carbocycles. The van der Waals surface area contributed by atoms with Gasteiger partial charge >= 0.3 is 0 Å². The van der Waals surface area contributed by atoms with Crippen molar-refractivity contribution in [1.82, 2.24) is 15.2 Å². The van der Waals surface area contributed by atoms with E-state index in [2.05, 4.69) is 21.3 Å². The third-order valence-electron chi connectivity index (χ3n) is 3.90. The molecule has 86 valence electrons. The van der Waals surface area contributed by atoms with Crippen LogP contribution in [0.2, 0.25) is 0 Å². The number of hydrogen-bond acceptors (Lipinski definition) is 3. The van der Waals surface area contributed by atoms with Crippen LogP contribution in [0.3, 0.4) is 0 Å². The van der Waals surface area contributed by atoms with Gasteiger partial charge in [-0.25, -0.2) is 0 Å². The first-order valence-corrected chi connectivity index (χ1v) is 6.24. The van der Waals surface area contributed by atoms with Crippen LogP contribution < -0.4 is 5.32 Å². The first-order valence-electron chi connectivity index (χ1n) is 6.24. The quantitative estimate of drug-likeness (QED) is 0.811. The van der Waals surface area contributed by atoms with E-state index >= 15 is 0 Å². The predicted molar refractivity (Wildman–Crippen MR) is 64.2 cm³/mol. The van der Waals surface area contributed by atoms with E-state index < -0.39 is 0 Å². The summed E-state index contributed by atoms with van der Waals surface area (Å²) in [7, 11) is 0. The largest absolute Gasteiger partial charge is 0.316 e. The van der Waals surface area contributed by atoms with Gasteiger partial charge in [-0.3, -0.25) is 4.98 Å². The second-order valence-corrected chi connectivity index (χ2v) is 5.05. The Labute approximate surface area is 96.9 Å². The molecule has 0 radical (unpaired) electrons. The molecule has 0 saturated carbocycles. The Kier molecular flexibility index (Phi) is 2.89. The maximum atomic E-state index is 4.16. The van der Waals surface area contributed by atoms with Crippen molar-refractivity contribution in [2.45, 2.75) is 6.42 Å². The fourth-order valence-corrected chi connectivity index (χ4v) is 2.97. The second kappa shape index (κ2) is 4.52. The van der Waals surface area contributed by atoms with Gasteiger partial charge in [0.2, 0.25) is 0 Å². The molecule has 1 aromatic heterocycles. The summed E-state index contributed by atoms with van der Waals surface area (Å²) in [6.45, 7) is 6.23. The molecule has 3 nitrogen and oxygen atoms in total. The second-order valence-electron chi connectivity index (χ2n) is 5.05. The minimum absolute atomic E-state index is 0.911. The van der Waals surface area contributed by atoms with E-state index in [0.717, 1.165) is 18.3 Å². The number of nitrogens with one attached hydrogen (secondary N) is 1. The summed E-state index contributed by atoms with van der Waals surface area (Å²) in [6.07, 6.45) is 4.97. The molecule has 0 amide bonds. The van der Waals surface area contributed by atoms with Gasteiger partial charge in [-0.2, -0.15) is 0 Å². The van der Waals surface area contributed by atoms with Crippen LogP contribution in [0.4, 0.5) is 0 Å². The summed E-state index contributed by atoms with van der Waals surface area (Å²) in [5, 5.41) is 3.48. The Morgan fingerprint density at radius 1 is 1.31 bits per heavy atom. The molecule has 2 aliphatic rings. The lowest BCUT2D eigenvalue weighted by Crippen LogP contribution is -2.27. The molecule has 16 heavy (non-hydrogen) atoms. The number of likely N-dealkylation sites (tertiary alicyclic amines) is 1. The zero-order chi connectivity index (χ0) is 10.8. The average molecular weight is 217 g/mol. The van der Waals surface area contributed by atoms with Crippen LogP contribution in [0.25, 0.3) is 0 Å². The van der Waals surface area contributed by atoms with Gasteiger partial charge in [-0.05, 0) is 43.0 Å². The molecular formula is C13H19N3. The molecule has 0 spiro atoms. The van der Waals surface area contributed by atoms with E-state index in [0.29, 0.717) is 0 Å². The molecule has 2 aliphatic heterocycles. The van der Waals surface area contributed by atoms with Crippen molar-refractivity contribution in [1.29, 1.82) is 0 Å². The first kappa shape index (κ1) is 10.2. The maximum Gasteiger partial charge on any atom is 0.0300 e. The normalized spacial score (nSPS) is 29.5. The standard InChI is InChI=1S/C13H19N3/c1-2-11(6-14-4-1)3-5-16-9-12-7-15-8-13(12)10-16/h1-2,4,6,12-13,15H,3,5,7-10H2. The molecule has 0 aliphatic carbocycles. The molecule has 1 N–H and O–H groups in total. The molecule has 2 fully saturated rings. The number of rotatable bonds is 3. The number of nitrogens with zero attached hydrogens (tertiary/aromatic N) is 2. The summed E-state index contributed by atoms with van der Waals surface area (Å²) in [5.74, 6) is 1.82. The Hall–Kier alpha value is -0.930. The van der Waals surface area contributed by atoms with Gasteiger partial charge < -0.3 is 10.2 Å². The maximum absolute atomic E-state index is 4.16. The molecule has 2 atom stereocenters. The van der Waals surface area contributed by atoms with Gasteiger partial charge in [0, 0.05) is 32.0 Å². The summed E-state index contributed by atoms with van der Waals surface area (Å²) in [5.41, 5.74) is 1.36. The van der Waals surface area contributed by atoms with Gasteiger partial charge in [-0.1, -0.05) is 6.07 Å². The number of pyridine rings is 1. The van der Waals surface area contributed by atoms with Gasteiger partial charge in [0.05, 0.1) is 0 Å². The lowest BCUT2D eigenvalue weighted by molar-refractivity contribution is 0.317. The summed E-state index contributed by atoms with van der Waals surface area (Å²) in [6, 6.07) is 4.20. The van der Waals surface area contributed by atoms with Crippen molar-refractivity contribution < 1.29 is 0 Å². The van der Waals surface area contributed by atoms with Crippen LogP contribution in [0.15, 0.2) is 24.5 Å². The minimum Gasteiger partial charge on any atom is -0.316 e. The molecule has 2 unspecified atom stereocenters. The highest BCUT2D eigenvalue weighted by molar-refractivity contribution is 5.09. The minimum atomic E-state index is 0.911. The highest BCUT2D eigenvalue weighted by atomic mass is 15.2. The number of hydrogen-bond donors (Lipinski definition) is 1. The topological polar surface area (TPSA) is 28.2 Å². The molecule has 3 rings (SSSR count). The molecular weight excluding hydrogens is 198 g/mol. The highest BCUT2D eigenvalue weighted by Crippen LogP contribution is 2.26. The molecule has 0 bridgehead atoms. The van der Waals surface area contributed by atoms with Crippen LogP contribution in [0, 0.1) is 11.8 Å². The first-order chi connectivity index (χ1) is 7.92. The van der Waals surface area contributed by atoms with E-state index in [1.807, 2.05) is 18.5 Å². The summed E-state index contributed by atoms with van der Waals surface area (Å²) < 4.78 is 0. The molecule has 3 heterocycles. The third kappa shape index (κ3) is 2.11. The van der Waals surface area contributed by atoms with E-state index in [9.17, 15) is 0 Å². The smallest absolute Gasteiger partial charge is 0.0300 e. The number of aromatic nitrogens is 1. The Bertz CT molecular complexity index is 326. The van der Waals surface area contributed by atoms with Gasteiger partial charge in [-0.15, -0.1) is 0 Å². The predicted octanol–water partition coefficient (Wildman–Crippen LogP) is 0.775. The van der Waals surface area contributed by atoms with Crippen molar-refractivity contribution in [3.63, 3.8) is 0 Å². The Morgan fingerprint density at radius 2 is 2.12 bits per heavy atom. The van der Waals surface area contributed by atoms with Gasteiger partial charge in [0.1, 0.15) is 0 Å². The SMILES string of the molecule is c1cncc(CCN2CC3CNCC3C2)c1. The lowest BCUT2D eigenvalue weighted by atomic mass is 10.0. The Balaban J connectivity index is 1.50. The van der Waals surface area contributed by atoms with Crippen LogP contribution in [-0.4, -0.2) is 42.6 Å². The van der Waals surface area contributed by atoms with E-state index in [-0.39, 0.29) is 0 Å². The van der Waals surface area contributed by atoms with E-state index in [1.165, 1.54) is 38.3 Å². The summed E-state index contributed by atoms with van der Waals surface area (Å²) >= 11 is 0. The lowest BCUT2D eigenvalue weighted by Gasteiger charge is -2.16. The van der Waals surface area contributed by atoms with Gasteiger partial charge in [0.15, 0.2) is 0 Å². The van der Waals surface area contributed by atoms with Crippen molar-refractivity contribution in [2.75, 3.05) is 32.7 Å². The van der Waals surface area contributed by atoms with Crippen molar-refractivity contribution in [3.05, 3.63) is 30.1 Å². The highest BCUT2D eigenvalue weighted by Gasteiger charge is 2.35. The average Bonchev–Trinajstić information content (AvgIpc) is 2.88. The van der Waals surface area contributed by atoms with Crippen LogP contribution in [0.5, 0.6) is 0 Å². The van der Waals surface area contributed by atoms with Crippen LogP contribution >= 0.6 is 0 Å². The number of fused-ring (bicyclic) bond motifs is 1. The van der Waals surface area contributed by atoms with Crippen molar-refractivity contribution >= 4 is 0 Å².